The molecule has 0 heterocycles. The highest BCUT2D eigenvalue weighted by atomic mass is 16.3. The van der Waals surface area contributed by atoms with Crippen LogP contribution in [-0.4, -0.2) is 67.8 Å². The Morgan fingerprint density at radius 2 is 1.41 bits per heavy atom. The second kappa shape index (κ2) is 7.97. The van der Waals surface area contributed by atoms with Crippen molar-refractivity contribution < 1.29 is 30.6 Å². The first-order valence-corrected chi connectivity index (χ1v) is 5.86. The Labute approximate surface area is 101 Å². The van der Waals surface area contributed by atoms with E-state index < -0.39 is 43.0 Å². The highest BCUT2D eigenvalue weighted by Gasteiger charge is 2.36. The molecule has 6 unspecified atom stereocenters. The molecule has 0 aromatic carbocycles. The van der Waals surface area contributed by atoms with Gasteiger partial charge in [-0.25, -0.2) is 0 Å². The van der Waals surface area contributed by atoms with Gasteiger partial charge in [0.05, 0.1) is 37.1 Å². The lowest BCUT2D eigenvalue weighted by Gasteiger charge is -2.33. The van der Waals surface area contributed by atoms with Gasteiger partial charge in [-0.3, -0.25) is 0 Å². The Morgan fingerprint density at radius 1 is 0.882 bits per heavy atom. The van der Waals surface area contributed by atoms with Gasteiger partial charge in [0, 0.05) is 5.92 Å². The number of hydrogen-bond donors (Lipinski definition) is 6. The lowest BCUT2D eigenvalue weighted by atomic mass is 9.84. The van der Waals surface area contributed by atoms with Gasteiger partial charge in [0.15, 0.2) is 0 Å². The van der Waals surface area contributed by atoms with Gasteiger partial charge >= 0.3 is 0 Å². The summed E-state index contributed by atoms with van der Waals surface area (Å²) in [5.41, 5.74) is 0. The molecule has 0 spiro atoms. The minimum atomic E-state index is -1.35. The van der Waals surface area contributed by atoms with Gasteiger partial charge in [-0.2, -0.15) is 0 Å². The molecule has 0 radical (unpaired) electrons. The molecule has 104 valence electrons. The first-order valence-electron chi connectivity index (χ1n) is 5.86. The molecule has 0 aromatic rings. The molecule has 0 aliphatic carbocycles. The fourth-order valence-corrected chi connectivity index (χ4v) is 1.84. The van der Waals surface area contributed by atoms with Crippen molar-refractivity contribution in [2.75, 3.05) is 6.61 Å². The zero-order valence-corrected chi connectivity index (χ0v) is 10.3. The molecule has 6 nitrogen and oxygen atoms in total. The Hall–Kier alpha value is -0.240. The predicted molar refractivity (Wildman–Crippen MR) is 61.2 cm³/mol. The zero-order valence-electron chi connectivity index (χ0n) is 10.3. The van der Waals surface area contributed by atoms with E-state index in [4.69, 9.17) is 10.2 Å². The van der Waals surface area contributed by atoms with Gasteiger partial charge in [-0.1, -0.05) is 6.92 Å². The van der Waals surface area contributed by atoms with Gasteiger partial charge < -0.3 is 30.6 Å². The number of aliphatic hydroxyl groups is 6. The Kier molecular flexibility index (Phi) is 7.85. The summed E-state index contributed by atoms with van der Waals surface area (Å²) >= 11 is 0. The lowest BCUT2D eigenvalue weighted by molar-refractivity contribution is -0.118. The summed E-state index contributed by atoms with van der Waals surface area (Å²) in [6, 6.07) is 0. The van der Waals surface area contributed by atoms with Crippen LogP contribution in [0.2, 0.25) is 0 Å². The second-order valence-corrected chi connectivity index (χ2v) is 4.45. The summed E-state index contributed by atoms with van der Waals surface area (Å²) in [5.74, 6) is -1.09. The van der Waals surface area contributed by atoms with Crippen LogP contribution in [0, 0.1) is 5.92 Å². The van der Waals surface area contributed by atoms with Crippen LogP contribution in [0.15, 0.2) is 0 Å². The third-order valence-electron chi connectivity index (χ3n) is 2.87. The van der Waals surface area contributed by atoms with Gasteiger partial charge in [0.2, 0.25) is 0 Å². The summed E-state index contributed by atoms with van der Waals surface area (Å²) < 4.78 is 0. The monoisotopic (exact) mass is 252 g/mol. The van der Waals surface area contributed by atoms with Crippen molar-refractivity contribution in [2.45, 2.75) is 57.2 Å². The SMILES string of the molecule is CCC(O)C(O)C(C(O)CO)C(O)CC(C)O. The molecular formula is C11H24O6. The van der Waals surface area contributed by atoms with Crippen molar-refractivity contribution in [1.82, 2.24) is 0 Å². The molecule has 0 rings (SSSR count). The summed E-state index contributed by atoms with van der Waals surface area (Å²) in [7, 11) is 0. The summed E-state index contributed by atoms with van der Waals surface area (Å²) in [6.07, 6.45) is -5.58. The molecular weight excluding hydrogens is 228 g/mol. The first-order chi connectivity index (χ1) is 7.84. The molecule has 0 aromatic heterocycles. The third-order valence-corrected chi connectivity index (χ3v) is 2.87. The Bertz CT molecular complexity index is 198. The van der Waals surface area contributed by atoms with Crippen molar-refractivity contribution in [3.05, 3.63) is 0 Å². The van der Waals surface area contributed by atoms with Crippen LogP contribution in [-0.2, 0) is 0 Å². The van der Waals surface area contributed by atoms with Crippen molar-refractivity contribution in [3.8, 4) is 0 Å². The Balaban J connectivity index is 4.74. The predicted octanol–water partition coefficient (Wildman–Crippen LogP) is -1.78. The van der Waals surface area contributed by atoms with Crippen LogP contribution in [0.3, 0.4) is 0 Å². The summed E-state index contributed by atoms with van der Waals surface area (Å²) in [6.45, 7) is 2.49. The normalized spacial score (nSPS) is 22.6. The van der Waals surface area contributed by atoms with Crippen LogP contribution in [0.5, 0.6) is 0 Å². The summed E-state index contributed by atoms with van der Waals surface area (Å²) in [4.78, 5) is 0. The van der Waals surface area contributed by atoms with E-state index in [0.717, 1.165) is 0 Å². The maximum absolute atomic E-state index is 9.80. The molecule has 0 aliphatic rings. The topological polar surface area (TPSA) is 121 Å². The number of rotatable bonds is 8. The van der Waals surface area contributed by atoms with Gasteiger partial charge in [-0.05, 0) is 19.8 Å². The highest BCUT2D eigenvalue weighted by molar-refractivity contribution is 4.86. The van der Waals surface area contributed by atoms with Crippen LogP contribution in [0.1, 0.15) is 26.7 Å². The third kappa shape index (κ3) is 5.29. The number of aliphatic hydroxyl groups excluding tert-OH is 6. The molecule has 0 fully saturated rings. The molecule has 6 N–H and O–H groups in total. The van der Waals surface area contributed by atoms with Crippen LogP contribution in [0.25, 0.3) is 0 Å². The van der Waals surface area contributed by atoms with E-state index in [9.17, 15) is 20.4 Å². The smallest absolute Gasteiger partial charge is 0.0877 e. The van der Waals surface area contributed by atoms with Gasteiger partial charge in [-0.15, -0.1) is 0 Å². The van der Waals surface area contributed by atoms with E-state index in [-0.39, 0.29) is 12.8 Å². The van der Waals surface area contributed by atoms with Crippen molar-refractivity contribution >= 4 is 0 Å². The maximum Gasteiger partial charge on any atom is 0.0877 e. The van der Waals surface area contributed by atoms with Crippen LogP contribution < -0.4 is 0 Å². The largest absolute Gasteiger partial charge is 0.394 e. The van der Waals surface area contributed by atoms with Crippen LogP contribution >= 0.6 is 0 Å². The van der Waals surface area contributed by atoms with E-state index in [0.29, 0.717) is 0 Å². The van der Waals surface area contributed by atoms with E-state index in [2.05, 4.69) is 0 Å². The van der Waals surface area contributed by atoms with Crippen LogP contribution in [0.4, 0.5) is 0 Å². The van der Waals surface area contributed by atoms with Crippen molar-refractivity contribution in [2.24, 2.45) is 5.92 Å². The minimum Gasteiger partial charge on any atom is -0.394 e. The van der Waals surface area contributed by atoms with Crippen molar-refractivity contribution in [1.29, 1.82) is 0 Å². The molecule has 0 aliphatic heterocycles. The summed E-state index contributed by atoms with van der Waals surface area (Å²) in [5, 5.41) is 56.7. The first kappa shape index (κ1) is 16.8. The second-order valence-electron chi connectivity index (χ2n) is 4.45. The maximum atomic E-state index is 9.80. The van der Waals surface area contributed by atoms with Gasteiger partial charge in [0.25, 0.3) is 0 Å². The average Bonchev–Trinajstić information content (AvgIpc) is 2.26. The molecule has 0 saturated carbocycles. The lowest BCUT2D eigenvalue weighted by Crippen LogP contribution is -2.48. The van der Waals surface area contributed by atoms with E-state index in [1.54, 1.807) is 6.92 Å². The molecule has 6 heteroatoms. The molecule has 0 saturated heterocycles. The quantitative estimate of drug-likeness (QED) is 0.304. The standard InChI is InChI=1S/C11H24O6/c1-3-7(14)11(17)10(9(16)5-12)8(15)4-6(2)13/h6-17H,3-5H2,1-2H3. The average molecular weight is 252 g/mol. The fourth-order valence-electron chi connectivity index (χ4n) is 1.84. The fraction of sp³-hybridized carbons (Fsp3) is 1.00. The molecule has 17 heavy (non-hydrogen) atoms. The number of hydrogen-bond acceptors (Lipinski definition) is 6. The minimum absolute atomic E-state index is 0.0464. The zero-order chi connectivity index (χ0) is 13.6. The molecule has 0 amide bonds. The van der Waals surface area contributed by atoms with Crippen molar-refractivity contribution in [3.63, 3.8) is 0 Å². The highest BCUT2D eigenvalue weighted by Crippen LogP contribution is 2.22. The molecule has 0 bridgehead atoms. The van der Waals surface area contributed by atoms with E-state index in [1.807, 2.05) is 0 Å². The molecule has 6 atom stereocenters. The van der Waals surface area contributed by atoms with E-state index >= 15 is 0 Å². The Morgan fingerprint density at radius 3 is 1.76 bits per heavy atom. The van der Waals surface area contributed by atoms with E-state index in [1.165, 1.54) is 6.92 Å². The van der Waals surface area contributed by atoms with Gasteiger partial charge in [0.1, 0.15) is 0 Å².